The van der Waals surface area contributed by atoms with Crippen LogP contribution in [0.5, 0.6) is 0 Å². The van der Waals surface area contributed by atoms with E-state index in [0.29, 0.717) is 17.9 Å². The van der Waals surface area contributed by atoms with Crippen LogP contribution < -0.4 is 0 Å². The number of hydrogen-bond acceptors (Lipinski definition) is 2. The smallest absolute Gasteiger partial charge is 0.222 e. The maximum absolute atomic E-state index is 12.1. The summed E-state index contributed by atoms with van der Waals surface area (Å²) in [5, 5.41) is 0. The first-order valence-electron chi connectivity index (χ1n) is 7.57. The van der Waals surface area contributed by atoms with Crippen molar-refractivity contribution in [3.05, 3.63) is 11.8 Å². The second-order valence-electron chi connectivity index (χ2n) is 6.42. The lowest BCUT2D eigenvalue weighted by atomic mass is 9.74. The van der Waals surface area contributed by atoms with Gasteiger partial charge in [0.15, 0.2) is 0 Å². The Kier molecular flexibility index (Phi) is 2.42. The second-order valence-corrected chi connectivity index (χ2v) is 6.42. The highest BCUT2D eigenvalue weighted by Gasteiger charge is 2.45. The molecule has 4 aliphatic heterocycles. The number of carbonyl (C=O) groups is 1. The van der Waals surface area contributed by atoms with Crippen LogP contribution in [0.3, 0.4) is 0 Å². The Morgan fingerprint density at radius 3 is 3.11 bits per heavy atom. The van der Waals surface area contributed by atoms with Crippen molar-refractivity contribution < 1.29 is 4.79 Å². The molecular formula is C15H22N2O. The van der Waals surface area contributed by atoms with Crippen LogP contribution in [0.4, 0.5) is 0 Å². The molecule has 4 rings (SSSR count). The number of allylic oxidation sites excluding steroid dienone is 1. The zero-order valence-corrected chi connectivity index (χ0v) is 11.0. The van der Waals surface area contributed by atoms with Crippen LogP contribution in [0.15, 0.2) is 11.8 Å². The van der Waals surface area contributed by atoms with E-state index in [0.717, 1.165) is 25.3 Å². The maximum Gasteiger partial charge on any atom is 0.222 e. The van der Waals surface area contributed by atoms with Crippen molar-refractivity contribution in [3.63, 3.8) is 0 Å². The minimum Gasteiger partial charge on any atom is -0.374 e. The average molecular weight is 246 g/mol. The molecule has 0 aromatic rings. The third-order valence-electron chi connectivity index (χ3n) is 5.38. The predicted molar refractivity (Wildman–Crippen MR) is 69.8 cm³/mol. The summed E-state index contributed by atoms with van der Waals surface area (Å²) in [6, 6.07) is 0.561. The van der Waals surface area contributed by atoms with Crippen LogP contribution >= 0.6 is 0 Å². The predicted octanol–water partition coefficient (Wildman–Crippen LogP) is 2.00. The molecule has 3 atom stereocenters. The van der Waals surface area contributed by atoms with E-state index in [1.54, 1.807) is 5.70 Å². The summed E-state index contributed by atoms with van der Waals surface area (Å²) in [5.74, 6) is 1.80. The lowest BCUT2D eigenvalue weighted by molar-refractivity contribution is -0.143. The number of rotatable bonds is 0. The van der Waals surface area contributed by atoms with Gasteiger partial charge in [-0.2, -0.15) is 0 Å². The van der Waals surface area contributed by atoms with Gasteiger partial charge in [-0.3, -0.25) is 4.79 Å². The fourth-order valence-corrected chi connectivity index (χ4v) is 4.61. The molecule has 2 bridgehead atoms. The highest BCUT2D eigenvalue weighted by Crippen LogP contribution is 2.43. The van der Waals surface area contributed by atoms with Gasteiger partial charge < -0.3 is 9.80 Å². The Hall–Kier alpha value is -0.990. The molecule has 0 N–H and O–H groups in total. The average Bonchev–Trinajstić information content (AvgIpc) is 2.40. The van der Waals surface area contributed by atoms with Gasteiger partial charge in [-0.1, -0.05) is 6.08 Å². The fraction of sp³-hybridized carbons (Fsp3) is 0.800. The number of carbonyl (C=O) groups excluding carboxylic acids is 1. The summed E-state index contributed by atoms with van der Waals surface area (Å²) < 4.78 is 0. The third kappa shape index (κ3) is 1.52. The molecule has 0 aliphatic carbocycles. The number of nitrogens with zero attached hydrogens (tertiary/aromatic N) is 2. The van der Waals surface area contributed by atoms with E-state index in [-0.39, 0.29) is 0 Å². The Morgan fingerprint density at radius 1 is 1.22 bits per heavy atom. The van der Waals surface area contributed by atoms with Gasteiger partial charge in [-0.25, -0.2) is 0 Å². The van der Waals surface area contributed by atoms with Crippen LogP contribution in [-0.4, -0.2) is 41.4 Å². The molecule has 0 aromatic carbocycles. The summed E-state index contributed by atoms with van der Waals surface area (Å²) in [6.07, 6.45) is 9.48. The molecule has 0 unspecified atom stereocenters. The van der Waals surface area contributed by atoms with Gasteiger partial charge in [0.25, 0.3) is 0 Å². The van der Waals surface area contributed by atoms with Gasteiger partial charge in [0.2, 0.25) is 5.91 Å². The molecule has 3 saturated heterocycles. The summed E-state index contributed by atoms with van der Waals surface area (Å²) in [6.45, 7) is 3.46. The summed E-state index contributed by atoms with van der Waals surface area (Å²) in [4.78, 5) is 17.0. The van der Waals surface area contributed by atoms with Crippen LogP contribution in [-0.2, 0) is 4.79 Å². The SMILES string of the molecule is O=C1CCC[C@@H]2[C@H]3C[C@@H](CN12)C1=CCCCN1C3. The summed E-state index contributed by atoms with van der Waals surface area (Å²) in [7, 11) is 0. The normalized spacial score (nSPS) is 39.0. The molecule has 3 fully saturated rings. The maximum atomic E-state index is 12.1. The summed E-state index contributed by atoms with van der Waals surface area (Å²) in [5.41, 5.74) is 1.56. The van der Waals surface area contributed by atoms with E-state index in [1.807, 2.05) is 0 Å². The van der Waals surface area contributed by atoms with E-state index in [2.05, 4.69) is 15.9 Å². The second kappa shape index (κ2) is 4.01. The van der Waals surface area contributed by atoms with E-state index in [9.17, 15) is 4.79 Å². The number of piperidine rings is 3. The van der Waals surface area contributed by atoms with Gasteiger partial charge >= 0.3 is 0 Å². The molecule has 0 radical (unpaired) electrons. The van der Waals surface area contributed by atoms with Crippen molar-refractivity contribution in [3.8, 4) is 0 Å². The van der Waals surface area contributed by atoms with E-state index in [1.165, 1.54) is 38.8 Å². The van der Waals surface area contributed by atoms with Crippen molar-refractivity contribution in [2.45, 2.75) is 44.6 Å². The van der Waals surface area contributed by atoms with Gasteiger partial charge in [0.1, 0.15) is 0 Å². The topological polar surface area (TPSA) is 23.6 Å². The van der Waals surface area contributed by atoms with E-state index in [4.69, 9.17) is 0 Å². The largest absolute Gasteiger partial charge is 0.374 e. The van der Waals surface area contributed by atoms with Crippen molar-refractivity contribution in [1.82, 2.24) is 9.80 Å². The molecule has 3 heteroatoms. The molecule has 0 aromatic heterocycles. The monoisotopic (exact) mass is 246 g/mol. The van der Waals surface area contributed by atoms with Crippen LogP contribution in [0.2, 0.25) is 0 Å². The Balaban J connectivity index is 1.65. The third-order valence-corrected chi connectivity index (χ3v) is 5.38. The fourth-order valence-electron chi connectivity index (χ4n) is 4.61. The van der Waals surface area contributed by atoms with Gasteiger partial charge in [0.05, 0.1) is 0 Å². The Bertz CT molecular complexity index is 403. The first kappa shape index (κ1) is 10.9. The molecule has 18 heavy (non-hydrogen) atoms. The van der Waals surface area contributed by atoms with Crippen LogP contribution in [0.25, 0.3) is 0 Å². The van der Waals surface area contributed by atoms with Crippen molar-refractivity contribution in [2.24, 2.45) is 11.8 Å². The highest BCUT2D eigenvalue weighted by atomic mass is 16.2. The highest BCUT2D eigenvalue weighted by molar-refractivity contribution is 5.77. The van der Waals surface area contributed by atoms with Crippen LogP contribution in [0, 0.1) is 11.8 Å². The lowest BCUT2D eigenvalue weighted by Gasteiger charge is -2.54. The zero-order valence-electron chi connectivity index (χ0n) is 11.0. The minimum atomic E-state index is 0.422. The van der Waals surface area contributed by atoms with Crippen molar-refractivity contribution >= 4 is 5.91 Å². The molecule has 98 valence electrons. The molecule has 3 nitrogen and oxygen atoms in total. The molecule has 4 heterocycles. The van der Waals surface area contributed by atoms with Crippen LogP contribution in [0.1, 0.15) is 38.5 Å². The standard InChI is InChI=1S/C15H22N2O/c18-15-6-3-5-14-11-8-12(10-17(14)15)13-4-1-2-7-16(13)9-11/h4,11-12,14H,1-3,5-10H2/t11-,12-,14+/m0/s1. The number of hydrogen-bond donors (Lipinski definition) is 0. The molecular weight excluding hydrogens is 224 g/mol. The Morgan fingerprint density at radius 2 is 2.17 bits per heavy atom. The van der Waals surface area contributed by atoms with Crippen molar-refractivity contribution in [2.75, 3.05) is 19.6 Å². The molecule has 0 saturated carbocycles. The quantitative estimate of drug-likeness (QED) is 0.652. The van der Waals surface area contributed by atoms with E-state index < -0.39 is 0 Å². The minimum absolute atomic E-state index is 0.422. The van der Waals surface area contributed by atoms with Gasteiger partial charge in [-0.05, 0) is 38.0 Å². The molecule has 4 aliphatic rings. The van der Waals surface area contributed by atoms with Crippen molar-refractivity contribution in [1.29, 1.82) is 0 Å². The number of amides is 1. The molecule has 0 spiro atoms. The number of fused-ring (bicyclic) bond motifs is 6. The zero-order chi connectivity index (χ0) is 12.1. The Labute approximate surface area is 109 Å². The van der Waals surface area contributed by atoms with Gasteiger partial charge in [0, 0.05) is 43.7 Å². The first-order valence-corrected chi connectivity index (χ1v) is 7.57. The summed E-state index contributed by atoms with van der Waals surface area (Å²) >= 11 is 0. The lowest BCUT2D eigenvalue weighted by Crippen LogP contribution is -2.60. The first-order chi connectivity index (χ1) is 8.83. The van der Waals surface area contributed by atoms with E-state index >= 15 is 0 Å². The molecule has 1 amide bonds. The van der Waals surface area contributed by atoms with Gasteiger partial charge in [-0.15, -0.1) is 0 Å².